The maximum atomic E-state index is 10.9. The number of pyridine rings is 1. The van der Waals surface area contributed by atoms with Crippen molar-refractivity contribution in [2.24, 2.45) is 5.73 Å². The van der Waals surface area contributed by atoms with Crippen molar-refractivity contribution in [3.63, 3.8) is 0 Å². The maximum absolute atomic E-state index is 10.9. The van der Waals surface area contributed by atoms with Gasteiger partial charge in [0.05, 0.1) is 5.52 Å². The lowest BCUT2D eigenvalue weighted by molar-refractivity contribution is -0.117. The van der Waals surface area contributed by atoms with Gasteiger partial charge in [0, 0.05) is 17.5 Å². The highest BCUT2D eigenvalue weighted by Crippen LogP contribution is 2.21. The van der Waals surface area contributed by atoms with E-state index in [1.807, 2.05) is 13.0 Å². The number of fused-ring (bicyclic) bond motifs is 1. The van der Waals surface area contributed by atoms with Gasteiger partial charge in [-0.1, -0.05) is 13.0 Å². The van der Waals surface area contributed by atoms with E-state index < -0.39 is 0 Å². The summed E-state index contributed by atoms with van der Waals surface area (Å²) in [5, 5.41) is 1.14. The summed E-state index contributed by atoms with van der Waals surface area (Å²) >= 11 is 0. The largest absolute Gasteiger partial charge is 0.370 e. The summed E-state index contributed by atoms with van der Waals surface area (Å²) in [5.41, 5.74) is 9.64. The van der Waals surface area contributed by atoms with Gasteiger partial charge in [-0.3, -0.25) is 9.78 Å². The number of carbonyl (C=O) groups is 1. The molecule has 0 unspecified atom stereocenters. The van der Waals surface area contributed by atoms with E-state index in [4.69, 9.17) is 5.73 Å². The molecule has 1 amide bonds. The Bertz CT molecular complexity index is 590. The number of primary amides is 1. The molecule has 1 aromatic carbocycles. The molecule has 0 fully saturated rings. The number of amides is 1. The third-order valence-corrected chi connectivity index (χ3v) is 3.14. The summed E-state index contributed by atoms with van der Waals surface area (Å²) < 4.78 is 0. The van der Waals surface area contributed by atoms with E-state index in [0.29, 0.717) is 12.8 Å². The normalized spacial score (nSPS) is 10.8. The number of aryl methyl sites for hydroxylation is 3. The summed E-state index contributed by atoms with van der Waals surface area (Å²) in [6, 6.07) is 8.37. The molecule has 3 heteroatoms. The molecular weight excluding hydrogens is 224 g/mol. The van der Waals surface area contributed by atoms with E-state index >= 15 is 0 Å². The minimum atomic E-state index is -0.260. The molecular formula is C15H18N2O. The van der Waals surface area contributed by atoms with Crippen molar-refractivity contribution in [2.75, 3.05) is 0 Å². The number of hydrogen-bond acceptors (Lipinski definition) is 2. The van der Waals surface area contributed by atoms with Crippen LogP contribution in [0.15, 0.2) is 24.3 Å². The number of nitrogens with two attached hydrogens (primary N) is 1. The van der Waals surface area contributed by atoms with E-state index in [0.717, 1.165) is 28.6 Å². The SMILES string of the molecule is CCc1ccc2nc(C)cc(CCC(N)=O)c2c1. The first-order valence-corrected chi connectivity index (χ1v) is 6.27. The van der Waals surface area contributed by atoms with Crippen LogP contribution in [0.1, 0.15) is 30.2 Å². The zero-order valence-corrected chi connectivity index (χ0v) is 10.9. The smallest absolute Gasteiger partial charge is 0.217 e. The Morgan fingerprint density at radius 1 is 1.33 bits per heavy atom. The Labute approximate surface area is 107 Å². The number of hydrogen-bond donors (Lipinski definition) is 1. The number of nitrogens with zero attached hydrogens (tertiary/aromatic N) is 1. The van der Waals surface area contributed by atoms with Crippen molar-refractivity contribution in [2.45, 2.75) is 33.1 Å². The minimum absolute atomic E-state index is 0.260. The first-order chi connectivity index (χ1) is 8.60. The van der Waals surface area contributed by atoms with Crippen LogP contribution in [0.2, 0.25) is 0 Å². The maximum Gasteiger partial charge on any atom is 0.217 e. The summed E-state index contributed by atoms with van der Waals surface area (Å²) in [5.74, 6) is -0.260. The van der Waals surface area contributed by atoms with E-state index in [1.54, 1.807) is 0 Å². The van der Waals surface area contributed by atoms with Gasteiger partial charge in [-0.25, -0.2) is 0 Å². The van der Waals surface area contributed by atoms with Crippen molar-refractivity contribution in [1.29, 1.82) is 0 Å². The van der Waals surface area contributed by atoms with E-state index in [9.17, 15) is 4.79 Å². The van der Waals surface area contributed by atoms with Crippen molar-refractivity contribution in [3.8, 4) is 0 Å². The number of benzene rings is 1. The fourth-order valence-electron chi connectivity index (χ4n) is 2.17. The summed E-state index contributed by atoms with van der Waals surface area (Å²) in [7, 11) is 0. The Balaban J connectivity index is 2.50. The Morgan fingerprint density at radius 3 is 2.78 bits per heavy atom. The number of aromatic nitrogens is 1. The zero-order chi connectivity index (χ0) is 13.1. The van der Waals surface area contributed by atoms with Gasteiger partial charge in [-0.05, 0) is 49.1 Å². The summed E-state index contributed by atoms with van der Waals surface area (Å²) in [6.07, 6.45) is 2.07. The summed E-state index contributed by atoms with van der Waals surface area (Å²) in [6.45, 7) is 4.10. The second-order valence-electron chi connectivity index (χ2n) is 4.59. The molecule has 2 N–H and O–H groups in total. The summed E-state index contributed by atoms with van der Waals surface area (Å²) in [4.78, 5) is 15.4. The molecule has 3 nitrogen and oxygen atoms in total. The molecule has 2 aromatic rings. The molecule has 0 aliphatic rings. The Kier molecular flexibility index (Phi) is 3.60. The molecule has 0 atom stereocenters. The van der Waals surface area contributed by atoms with Crippen LogP contribution in [-0.2, 0) is 17.6 Å². The molecule has 0 saturated heterocycles. The van der Waals surface area contributed by atoms with Crippen LogP contribution in [-0.4, -0.2) is 10.9 Å². The average Bonchev–Trinajstić information content (AvgIpc) is 2.35. The monoisotopic (exact) mass is 242 g/mol. The van der Waals surface area contributed by atoms with Gasteiger partial charge in [-0.15, -0.1) is 0 Å². The highest BCUT2D eigenvalue weighted by atomic mass is 16.1. The van der Waals surface area contributed by atoms with Gasteiger partial charge >= 0.3 is 0 Å². The van der Waals surface area contributed by atoms with E-state index in [2.05, 4.69) is 30.1 Å². The van der Waals surface area contributed by atoms with Crippen LogP contribution in [0.4, 0.5) is 0 Å². The molecule has 0 aliphatic heterocycles. The molecule has 94 valence electrons. The lowest BCUT2D eigenvalue weighted by Crippen LogP contribution is -2.11. The predicted octanol–water partition coefficient (Wildman–Crippen LogP) is 2.52. The van der Waals surface area contributed by atoms with Gasteiger partial charge in [0.1, 0.15) is 0 Å². The third-order valence-electron chi connectivity index (χ3n) is 3.14. The molecule has 1 aromatic heterocycles. The standard InChI is InChI=1S/C15H18N2O/c1-3-11-4-6-14-13(9-11)12(5-7-15(16)18)8-10(2)17-14/h4,6,8-9H,3,5,7H2,1-2H3,(H2,16,18). The Hall–Kier alpha value is -1.90. The topological polar surface area (TPSA) is 56.0 Å². The van der Waals surface area contributed by atoms with Gasteiger partial charge in [0.15, 0.2) is 0 Å². The predicted molar refractivity (Wildman–Crippen MR) is 73.4 cm³/mol. The first kappa shape index (κ1) is 12.6. The average molecular weight is 242 g/mol. The van der Waals surface area contributed by atoms with Gasteiger partial charge in [0.2, 0.25) is 5.91 Å². The minimum Gasteiger partial charge on any atom is -0.370 e. The molecule has 0 spiro atoms. The van der Waals surface area contributed by atoms with Crippen molar-refractivity contribution >= 4 is 16.8 Å². The molecule has 0 radical (unpaired) electrons. The second kappa shape index (κ2) is 5.17. The first-order valence-electron chi connectivity index (χ1n) is 6.27. The van der Waals surface area contributed by atoms with Crippen molar-refractivity contribution < 1.29 is 4.79 Å². The lowest BCUT2D eigenvalue weighted by Gasteiger charge is -2.08. The zero-order valence-electron chi connectivity index (χ0n) is 10.9. The molecule has 0 bridgehead atoms. The highest BCUT2D eigenvalue weighted by Gasteiger charge is 2.06. The lowest BCUT2D eigenvalue weighted by atomic mass is 10.0. The van der Waals surface area contributed by atoms with Crippen LogP contribution in [0.5, 0.6) is 0 Å². The van der Waals surface area contributed by atoms with Crippen molar-refractivity contribution in [3.05, 3.63) is 41.1 Å². The molecule has 1 heterocycles. The van der Waals surface area contributed by atoms with E-state index in [1.165, 1.54) is 5.56 Å². The van der Waals surface area contributed by atoms with Gasteiger partial charge in [0.25, 0.3) is 0 Å². The Morgan fingerprint density at radius 2 is 2.11 bits per heavy atom. The van der Waals surface area contributed by atoms with Crippen LogP contribution in [0, 0.1) is 6.92 Å². The van der Waals surface area contributed by atoms with Gasteiger partial charge in [-0.2, -0.15) is 0 Å². The molecule has 18 heavy (non-hydrogen) atoms. The molecule has 0 saturated carbocycles. The second-order valence-corrected chi connectivity index (χ2v) is 4.59. The third kappa shape index (κ3) is 2.67. The fraction of sp³-hybridized carbons (Fsp3) is 0.333. The van der Waals surface area contributed by atoms with Crippen LogP contribution in [0.25, 0.3) is 10.9 Å². The van der Waals surface area contributed by atoms with Crippen LogP contribution >= 0.6 is 0 Å². The highest BCUT2D eigenvalue weighted by molar-refractivity contribution is 5.84. The molecule has 2 rings (SSSR count). The van der Waals surface area contributed by atoms with Crippen LogP contribution in [0.3, 0.4) is 0 Å². The quantitative estimate of drug-likeness (QED) is 0.895. The van der Waals surface area contributed by atoms with Crippen molar-refractivity contribution in [1.82, 2.24) is 4.98 Å². The number of carbonyl (C=O) groups excluding carboxylic acids is 1. The molecule has 0 aliphatic carbocycles. The fourth-order valence-corrected chi connectivity index (χ4v) is 2.17. The van der Waals surface area contributed by atoms with E-state index in [-0.39, 0.29) is 5.91 Å². The van der Waals surface area contributed by atoms with Crippen LogP contribution < -0.4 is 5.73 Å². The number of rotatable bonds is 4. The van der Waals surface area contributed by atoms with Gasteiger partial charge < -0.3 is 5.73 Å².